The van der Waals surface area contributed by atoms with Crippen LogP contribution in [0.4, 0.5) is 0 Å². The molecule has 1 aliphatic rings. The summed E-state index contributed by atoms with van der Waals surface area (Å²) in [5, 5.41) is 3.22. The van der Waals surface area contributed by atoms with Crippen molar-refractivity contribution in [3.63, 3.8) is 0 Å². The lowest BCUT2D eigenvalue weighted by Gasteiger charge is -2.32. The normalized spacial score (nSPS) is 15.6. The summed E-state index contributed by atoms with van der Waals surface area (Å²) in [6.07, 6.45) is 2.08. The summed E-state index contributed by atoms with van der Waals surface area (Å²) in [7, 11) is 0. The number of hydrogen-bond acceptors (Lipinski definition) is 3. The maximum Gasteiger partial charge on any atom is 0.230 e. The third-order valence-electron chi connectivity index (χ3n) is 5.03. The van der Waals surface area contributed by atoms with E-state index >= 15 is 0 Å². The van der Waals surface area contributed by atoms with Crippen molar-refractivity contribution in [2.45, 2.75) is 45.0 Å². The fraction of sp³-hybridized carbons (Fsp3) is 0.435. The van der Waals surface area contributed by atoms with Gasteiger partial charge in [0.15, 0.2) is 0 Å². The monoisotopic (exact) mass is 382 g/mol. The van der Waals surface area contributed by atoms with Gasteiger partial charge in [-0.2, -0.15) is 0 Å². The number of nitrogens with zero attached hydrogens (tertiary/aromatic N) is 1. The number of hydrogen-bond donors (Lipinski definition) is 1. The zero-order valence-electron chi connectivity index (χ0n) is 16.4. The van der Waals surface area contributed by atoms with E-state index in [0.29, 0.717) is 11.8 Å². The highest BCUT2D eigenvalue weighted by atomic mass is 32.2. The van der Waals surface area contributed by atoms with E-state index in [1.165, 1.54) is 22.3 Å². The Hall–Kier alpha value is -1.78. The first-order chi connectivity index (χ1) is 13.1. The molecule has 0 radical (unpaired) electrons. The summed E-state index contributed by atoms with van der Waals surface area (Å²) >= 11 is 1.69. The van der Waals surface area contributed by atoms with E-state index in [9.17, 15) is 4.79 Å². The predicted octanol–water partition coefficient (Wildman–Crippen LogP) is 4.32. The Balaban J connectivity index is 1.34. The first-order valence-electron chi connectivity index (χ1n) is 9.79. The number of carbonyl (C=O) groups excluding carboxylic acids is 1. The molecule has 1 aliphatic heterocycles. The van der Waals surface area contributed by atoms with Crippen LogP contribution in [0.1, 0.15) is 35.1 Å². The lowest BCUT2D eigenvalue weighted by atomic mass is 10.0. The molecule has 27 heavy (non-hydrogen) atoms. The number of piperidine rings is 1. The minimum atomic E-state index is 0.171. The van der Waals surface area contributed by atoms with E-state index in [1.807, 2.05) is 0 Å². The molecule has 1 fully saturated rings. The van der Waals surface area contributed by atoms with Gasteiger partial charge in [-0.1, -0.05) is 59.7 Å². The summed E-state index contributed by atoms with van der Waals surface area (Å²) in [4.78, 5) is 14.7. The molecule has 144 valence electrons. The van der Waals surface area contributed by atoms with Crippen molar-refractivity contribution in [2.24, 2.45) is 0 Å². The highest BCUT2D eigenvalue weighted by Crippen LogP contribution is 2.16. The first-order valence-corrected chi connectivity index (χ1v) is 10.9. The largest absolute Gasteiger partial charge is 0.353 e. The molecule has 1 N–H and O–H groups in total. The molecular formula is C23H30N2OS. The van der Waals surface area contributed by atoms with Crippen LogP contribution in [0.2, 0.25) is 0 Å². The van der Waals surface area contributed by atoms with Crippen molar-refractivity contribution in [3.05, 3.63) is 70.8 Å². The molecule has 0 aliphatic carbocycles. The van der Waals surface area contributed by atoms with E-state index in [4.69, 9.17) is 0 Å². The minimum Gasteiger partial charge on any atom is -0.353 e. The van der Waals surface area contributed by atoms with Crippen LogP contribution in [0.3, 0.4) is 0 Å². The van der Waals surface area contributed by atoms with Crippen LogP contribution in [0.5, 0.6) is 0 Å². The van der Waals surface area contributed by atoms with Crippen molar-refractivity contribution in [2.75, 3.05) is 18.8 Å². The van der Waals surface area contributed by atoms with Gasteiger partial charge in [0.1, 0.15) is 0 Å². The fourth-order valence-corrected chi connectivity index (χ4v) is 4.42. The van der Waals surface area contributed by atoms with Crippen molar-refractivity contribution in [3.8, 4) is 0 Å². The zero-order valence-corrected chi connectivity index (χ0v) is 17.2. The topological polar surface area (TPSA) is 32.3 Å². The molecule has 0 bridgehead atoms. The summed E-state index contributed by atoms with van der Waals surface area (Å²) < 4.78 is 0. The van der Waals surface area contributed by atoms with Crippen LogP contribution < -0.4 is 5.32 Å². The van der Waals surface area contributed by atoms with Gasteiger partial charge in [0, 0.05) is 31.4 Å². The number of nitrogens with one attached hydrogen (secondary N) is 1. The smallest absolute Gasteiger partial charge is 0.230 e. The van der Waals surface area contributed by atoms with Gasteiger partial charge in [0.25, 0.3) is 0 Å². The highest BCUT2D eigenvalue weighted by molar-refractivity contribution is 7.99. The summed E-state index contributed by atoms with van der Waals surface area (Å²) in [6, 6.07) is 17.6. The number of benzene rings is 2. The molecule has 0 aromatic heterocycles. The van der Waals surface area contributed by atoms with Gasteiger partial charge in [-0.05, 0) is 37.8 Å². The molecule has 0 unspecified atom stereocenters. The number of rotatable bonds is 7. The van der Waals surface area contributed by atoms with E-state index in [-0.39, 0.29) is 5.91 Å². The fourth-order valence-electron chi connectivity index (χ4n) is 3.64. The Morgan fingerprint density at radius 3 is 2.33 bits per heavy atom. The van der Waals surface area contributed by atoms with Crippen molar-refractivity contribution >= 4 is 17.7 Å². The van der Waals surface area contributed by atoms with Gasteiger partial charge in [0.05, 0.1) is 5.75 Å². The molecule has 0 spiro atoms. The van der Waals surface area contributed by atoms with Crippen LogP contribution in [0.15, 0.2) is 48.5 Å². The lowest BCUT2D eigenvalue weighted by molar-refractivity contribution is -0.119. The number of amides is 1. The Labute approximate surface area is 167 Å². The maximum absolute atomic E-state index is 12.2. The average molecular weight is 383 g/mol. The van der Waals surface area contributed by atoms with Gasteiger partial charge in [-0.15, -0.1) is 11.8 Å². The van der Waals surface area contributed by atoms with Crippen molar-refractivity contribution in [1.29, 1.82) is 0 Å². The molecule has 2 aromatic rings. The van der Waals surface area contributed by atoms with Crippen molar-refractivity contribution in [1.82, 2.24) is 10.2 Å². The van der Waals surface area contributed by atoms with E-state index < -0.39 is 0 Å². The second kappa shape index (κ2) is 9.95. The zero-order chi connectivity index (χ0) is 19.1. The first kappa shape index (κ1) is 20.0. The SMILES string of the molecule is Cc1cccc(CSCC(=O)NC2CCN(Cc3cccc(C)c3)CC2)c1. The van der Waals surface area contributed by atoms with Crippen LogP contribution in [0.25, 0.3) is 0 Å². The quantitative estimate of drug-likeness (QED) is 0.774. The summed E-state index contributed by atoms with van der Waals surface area (Å²) in [5.74, 6) is 1.60. The van der Waals surface area contributed by atoms with Crippen LogP contribution in [-0.4, -0.2) is 35.7 Å². The lowest BCUT2D eigenvalue weighted by Crippen LogP contribution is -2.44. The number of carbonyl (C=O) groups is 1. The van der Waals surface area contributed by atoms with E-state index in [1.54, 1.807) is 11.8 Å². The highest BCUT2D eigenvalue weighted by Gasteiger charge is 2.20. The van der Waals surface area contributed by atoms with E-state index in [0.717, 1.165) is 38.2 Å². The van der Waals surface area contributed by atoms with Crippen LogP contribution in [-0.2, 0) is 17.1 Å². The molecule has 1 saturated heterocycles. The Morgan fingerprint density at radius 1 is 1.04 bits per heavy atom. The molecule has 1 amide bonds. The number of aryl methyl sites for hydroxylation is 2. The second-order valence-electron chi connectivity index (χ2n) is 7.59. The molecule has 2 aromatic carbocycles. The molecule has 1 heterocycles. The molecular weight excluding hydrogens is 352 g/mol. The molecule has 4 heteroatoms. The number of likely N-dealkylation sites (tertiary alicyclic amines) is 1. The Kier molecular flexibility index (Phi) is 7.36. The number of thioether (sulfide) groups is 1. The van der Waals surface area contributed by atoms with E-state index in [2.05, 4.69) is 72.6 Å². The van der Waals surface area contributed by atoms with Gasteiger partial charge in [0.2, 0.25) is 5.91 Å². The Morgan fingerprint density at radius 2 is 1.67 bits per heavy atom. The van der Waals surface area contributed by atoms with Crippen LogP contribution in [0, 0.1) is 13.8 Å². The maximum atomic E-state index is 12.2. The standard InChI is InChI=1S/C23H30N2OS/c1-18-5-3-7-20(13-18)15-25-11-9-22(10-12-25)24-23(26)17-27-16-21-8-4-6-19(2)14-21/h3-8,13-14,22H,9-12,15-17H2,1-2H3,(H,24,26). The van der Waals surface area contributed by atoms with Crippen LogP contribution >= 0.6 is 11.8 Å². The third kappa shape index (κ3) is 6.71. The summed E-state index contributed by atoms with van der Waals surface area (Å²) in [6.45, 7) is 7.35. The molecule has 3 rings (SSSR count). The summed E-state index contributed by atoms with van der Waals surface area (Å²) in [5.41, 5.74) is 5.26. The molecule has 0 saturated carbocycles. The minimum absolute atomic E-state index is 0.171. The van der Waals surface area contributed by atoms with Gasteiger partial charge in [-0.3, -0.25) is 9.69 Å². The Bertz CT molecular complexity index is 754. The van der Waals surface area contributed by atoms with Gasteiger partial charge in [-0.25, -0.2) is 0 Å². The molecule has 0 atom stereocenters. The van der Waals surface area contributed by atoms with Gasteiger partial charge < -0.3 is 5.32 Å². The van der Waals surface area contributed by atoms with Crippen molar-refractivity contribution < 1.29 is 4.79 Å². The predicted molar refractivity (Wildman–Crippen MR) is 115 cm³/mol. The average Bonchev–Trinajstić information content (AvgIpc) is 2.63. The second-order valence-corrected chi connectivity index (χ2v) is 8.57. The third-order valence-corrected chi connectivity index (χ3v) is 6.03. The molecule has 3 nitrogen and oxygen atoms in total. The van der Waals surface area contributed by atoms with Gasteiger partial charge >= 0.3 is 0 Å².